The highest BCUT2D eigenvalue weighted by molar-refractivity contribution is 5.16. The normalized spacial score (nSPS) is 13.2. The number of hydrogen-bond donors (Lipinski definition) is 1. The van der Waals surface area contributed by atoms with Gasteiger partial charge in [0.05, 0.1) is 19.0 Å². The third kappa shape index (κ3) is 2.36. The Hall–Kier alpha value is -0.800. The minimum atomic E-state index is -0.369. The molecule has 1 N–H and O–H groups in total. The van der Waals surface area contributed by atoms with Gasteiger partial charge in [0, 0.05) is 19.1 Å². The number of aliphatic hydroxyl groups excluding tert-OH is 1. The first-order chi connectivity index (χ1) is 5.74. The smallest absolute Gasteiger partial charge is 0.111 e. The molecule has 0 radical (unpaired) electrons. The minimum absolute atomic E-state index is 0.369. The van der Waals surface area contributed by atoms with Crippen LogP contribution in [0.5, 0.6) is 0 Å². The standard InChI is InChI=1S/C9H14O3/c1-7(10)5-9-8(6-11-2)3-4-12-9/h3-4,7,10H,5-6H2,1-2H3. The molecule has 0 aliphatic carbocycles. The van der Waals surface area contributed by atoms with E-state index in [-0.39, 0.29) is 6.10 Å². The zero-order valence-corrected chi connectivity index (χ0v) is 7.41. The molecular weight excluding hydrogens is 156 g/mol. The van der Waals surface area contributed by atoms with Gasteiger partial charge in [0.1, 0.15) is 5.76 Å². The van der Waals surface area contributed by atoms with Gasteiger partial charge in [-0.05, 0) is 13.0 Å². The lowest BCUT2D eigenvalue weighted by atomic mass is 10.1. The average Bonchev–Trinajstić information content (AvgIpc) is 2.37. The number of hydrogen-bond acceptors (Lipinski definition) is 3. The van der Waals surface area contributed by atoms with Crippen molar-refractivity contribution in [2.45, 2.75) is 26.1 Å². The van der Waals surface area contributed by atoms with Crippen LogP contribution in [0.2, 0.25) is 0 Å². The van der Waals surface area contributed by atoms with Crippen LogP contribution in [0.4, 0.5) is 0 Å². The second-order valence-electron chi connectivity index (χ2n) is 2.86. The number of rotatable bonds is 4. The Balaban J connectivity index is 2.63. The summed E-state index contributed by atoms with van der Waals surface area (Å²) in [6.45, 7) is 2.28. The van der Waals surface area contributed by atoms with Gasteiger partial charge in [-0.2, -0.15) is 0 Å². The van der Waals surface area contributed by atoms with Gasteiger partial charge in [-0.15, -0.1) is 0 Å². The van der Waals surface area contributed by atoms with Crippen LogP contribution in [0.15, 0.2) is 16.7 Å². The van der Waals surface area contributed by atoms with Crippen molar-refractivity contribution in [3.63, 3.8) is 0 Å². The first-order valence-corrected chi connectivity index (χ1v) is 3.96. The molecule has 1 aromatic heterocycles. The van der Waals surface area contributed by atoms with Gasteiger partial charge < -0.3 is 14.3 Å². The van der Waals surface area contributed by atoms with Gasteiger partial charge in [-0.1, -0.05) is 0 Å². The molecule has 1 unspecified atom stereocenters. The van der Waals surface area contributed by atoms with Crippen molar-refractivity contribution in [3.05, 3.63) is 23.7 Å². The topological polar surface area (TPSA) is 42.6 Å². The van der Waals surface area contributed by atoms with Crippen molar-refractivity contribution in [2.75, 3.05) is 7.11 Å². The molecule has 0 saturated carbocycles. The number of furan rings is 1. The number of methoxy groups -OCH3 is 1. The number of ether oxygens (including phenoxy) is 1. The molecule has 0 saturated heterocycles. The van der Waals surface area contributed by atoms with E-state index in [1.54, 1.807) is 20.3 Å². The second kappa shape index (κ2) is 4.28. The van der Waals surface area contributed by atoms with Gasteiger partial charge in [0.25, 0.3) is 0 Å². The average molecular weight is 170 g/mol. The summed E-state index contributed by atoms with van der Waals surface area (Å²) in [6, 6.07) is 1.86. The maximum absolute atomic E-state index is 9.12. The highest BCUT2D eigenvalue weighted by Crippen LogP contribution is 2.13. The quantitative estimate of drug-likeness (QED) is 0.741. The zero-order valence-electron chi connectivity index (χ0n) is 7.41. The van der Waals surface area contributed by atoms with Crippen LogP contribution >= 0.6 is 0 Å². The molecule has 0 aliphatic heterocycles. The summed E-state index contributed by atoms with van der Waals surface area (Å²) >= 11 is 0. The summed E-state index contributed by atoms with van der Waals surface area (Å²) in [5.74, 6) is 0.812. The molecule has 1 heterocycles. The summed E-state index contributed by atoms with van der Waals surface area (Å²) in [6.07, 6.45) is 1.80. The predicted molar refractivity (Wildman–Crippen MR) is 44.8 cm³/mol. The van der Waals surface area contributed by atoms with Gasteiger partial charge >= 0.3 is 0 Å². The molecular formula is C9H14O3. The van der Waals surface area contributed by atoms with Gasteiger partial charge in [0.2, 0.25) is 0 Å². The molecule has 0 bridgehead atoms. The minimum Gasteiger partial charge on any atom is -0.469 e. The Morgan fingerprint density at radius 2 is 2.42 bits per heavy atom. The van der Waals surface area contributed by atoms with Crippen molar-refractivity contribution in [1.29, 1.82) is 0 Å². The van der Waals surface area contributed by atoms with E-state index in [1.165, 1.54) is 0 Å². The van der Waals surface area contributed by atoms with Gasteiger partial charge in [-0.3, -0.25) is 0 Å². The van der Waals surface area contributed by atoms with E-state index in [0.29, 0.717) is 13.0 Å². The van der Waals surface area contributed by atoms with Crippen LogP contribution in [0, 0.1) is 0 Å². The summed E-state index contributed by atoms with van der Waals surface area (Å²) in [5.41, 5.74) is 1.01. The van der Waals surface area contributed by atoms with Crippen LogP contribution < -0.4 is 0 Å². The molecule has 0 amide bonds. The molecule has 1 rings (SSSR count). The SMILES string of the molecule is COCc1ccoc1CC(C)O. The fourth-order valence-corrected chi connectivity index (χ4v) is 1.10. The van der Waals surface area contributed by atoms with Crippen molar-refractivity contribution in [3.8, 4) is 0 Å². The Kier molecular flexibility index (Phi) is 3.31. The molecule has 1 atom stereocenters. The van der Waals surface area contributed by atoms with Gasteiger partial charge in [-0.25, -0.2) is 0 Å². The molecule has 3 heteroatoms. The van der Waals surface area contributed by atoms with Crippen molar-refractivity contribution < 1.29 is 14.3 Å². The lowest BCUT2D eigenvalue weighted by Gasteiger charge is -2.03. The van der Waals surface area contributed by atoms with E-state index in [9.17, 15) is 0 Å². The van der Waals surface area contributed by atoms with Crippen LogP contribution in [-0.2, 0) is 17.8 Å². The molecule has 12 heavy (non-hydrogen) atoms. The summed E-state index contributed by atoms with van der Waals surface area (Å²) in [7, 11) is 1.64. The zero-order chi connectivity index (χ0) is 8.97. The highest BCUT2D eigenvalue weighted by Gasteiger charge is 2.08. The fourth-order valence-electron chi connectivity index (χ4n) is 1.10. The van der Waals surface area contributed by atoms with E-state index in [2.05, 4.69) is 0 Å². The Bertz CT molecular complexity index is 227. The van der Waals surface area contributed by atoms with Crippen molar-refractivity contribution in [2.24, 2.45) is 0 Å². The Morgan fingerprint density at radius 1 is 1.67 bits per heavy atom. The molecule has 68 valence electrons. The predicted octanol–water partition coefficient (Wildman–Crippen LogP) is 1.35. The Morgan fingerprint density at radius 3 is 3.00 bits per heavy atom. The van der Waals surface area contributed by atoms with Crippen LogP contribution in [-0.4, -0.2) is 18.3 Å². The first-order valence-electron chi connectivity index (χ1n) is 3.96. The van der Waals surface area contributed by atoms with Crippen LogP contribution in [0.3, 0.4) is 0 Å². The number of aliphatic hydroxyl groups is 1. The van der Waals surface area contributed by atoms with Crippen LogP contribution in [0.1, 0.15) is 18.2 Å². The summed E-state index contributed by atoms with van der Waals surface area (Å²) in [5, 5.41) is 9.12. The molecule has 0 aromatic carbocycles. The molecule has 1 aromatic rings. The second-order valence-corrected chi connectivity index (χ2v) is 2.86. The monoisotopic (exact) mass is 170 g/mol. The first kappa shape index (κ1) is 9.29. The molecule has 0 spiro atoms. The van der Waals surface area contributed by atoms with E-state index in [0.717, 1.165) is 11.3 Å². The van der Waals surface area contributed by atoms with Gasteiger partial charge in [0.15, 0.2) is 0 Å². The fraction of sp³-hybridized carbons (Fsp3) is 0.556. The molecule has 0 fully saturated rings. The van der Waals surface area contributed by atoms with E-state index < -0.39 is 0 Å². The maximum atomic E-state index is 9.12. The molecule has 0 aliphatic rings. The van der Waals surface area contributed by atoms with E-state index in [1.807, 2.05) is 6.07 Å². The van der Waals surface area contributed by atoms with E-state index >= 15 is 0 Å². The summed E-state index contributed by atoms with van der Waals surface area (Å²) in [4.78, 5) is 0. The third-order valence-electron chi connectivity index (χ3n) is 1.62. The largest absolute Gasteiger partial charge is 0.469 e. The maximum Gasteiger partial charge on any atom is 0.111 e. The third-order valence-corrected chi connectivity index (χ3v) is 1.62. The molecule has 3 nitrogen and oxygen atoms in total. The summed E-state index contributed by atoms with van der Waals surface area (Å²) < 4.78 is 10.2. The lowest BCUT2D eigenvalue weighted by Crippen LogP contribution is -2.05. The van der Waals surface area contributed by atoms with Crippen molar-refractivity contribution in [1.82, 2.24) is 0 Å². The van der Waals surface area contributed by atoms with E-state index in [4.69, 9.17) is 14.3 Å². The van der Waals surface area contributed by atoms with Crippen LogP contribution in [0.25, 0.3) is 0 Å². The highest BCUT2D eigenvalue weighted by atomic mass is 16.5. The Labute approximate surface area is 72.0 Å². The lowest BCUT2D eigenvalue weighted by molar-refractivity contribution is 0.173. The van der Waals surface area contributed by atoms with Crippen molar-refractivity contribution >= 4 is 0 Å².